The number of anilines is 1. The lowest BCUT2D eigenvalue weighted by Gasteiger charge is -2.43. The molecule has 1 aromatic heterocycles. The van der Waals surface area contributed by atoms with Gasteiger partial charge in [-0.1, -0.05) is 12.1 Å². The molecule has 0 aliphatic carbocycles. The van der Waals surface area contributed by atoms with Crippen molar-refractivity contribution in [3.8, 4) is 0 Å². The Kier molecular flexibility index (Phi) is 8.09. The lowest BCUT2D eigenvalue weighted by molar-refractivity contribution is -0.135. The predicted molar refractivity (Wildman–Crippen MR) is 109 cm³/mol. The Labute approximate surface area is 170 Å². The molecule has 0 saturated carbocycles. The van der Waals surface area contributed by atoms with E-state index < -0.39 is 5.54 Å². The molecule has 1 aromatic carbocycles. The van der Waals surface area contributed by atoms with Crippen LogP contribution in [0.5, 0.6) is 0 Å². The molecule has 8 heteroatoms. The molecule has 0 unspecified atom stereocenters. The Morgan fingerprint density at radius 2 is 2.00 bits per heavy atom. The van der Waals surface area contributed by atoms with Gasteiger partial charge in [-0.3, -0.25) is 19.5 Å². The van der Waals surface area contributed by atoms with E-state index in [2.05, 4.69) is 21.3 Å². The molecule has 29 heavy (non-hydrogen) atoms. The fourth-order valence-electron chi connectivity index (χ4n) is 3.51. The molecule has 0 atom stereocenters. The van der Waals surface area contributed by atoms with Gasteiger partial charge in [-0.05, 0) is 42.7 Å². The second-order valence-electron chi connectivity index (χ2n) is 7.16. The van der Waals surface area contributed by atoms with Crippen LogP contribution >= 0.6 is 0 Å². The molecular formula is C21H27FN4O3. The molecule has 1 amide bonds. The van der Waals surface area contributed by atoms with E-state index >= 15 is 0 Å². The summed E-state index contributed by atoms with van der Waals surface area (Å²) < 4.78 is 13.6. The van der Waals surface area contributed by atoms with Crippen LogP contribution < -0.4 is 5.32 Å². The Morgan fingerprint density at radius 1 is 1.31 bits per heavy atom. The van der Waals surface area contributed by atoms with Crippen molar-refractivity contribution in [2.24, 2.45) is 0 Å². The average molecular weight is 402 g/mol. The highest BCUT2D eigenvalue weighted by atomic mass is 19.1. The summed E-state index contributed by atoms with van der Waals surface area (Å²) in [5, 5.41) is 10.2. The van der Waals surface area contributed by atoms with E-state index in [-0.39, 0.29) is 18.2 Å². The van der Waals surface area contributed by atoms with E-state index in [1.54, 1.807) is 37.3 Å². The first-order valence-corrected chi connectivity index (χ1v) is 9.35. The second kappa shape index (κ2) is 10.5. The lowest BCUT2D eigenvalue weighted by atomic mass is 9.85. The molecule has 2 heterocycles. The smallest absolute Gasteiger partial charge is 0.290 e. The van der Waals surface area contributed by atoms with E-state index in [0.29, 0.717) is 18.5 Å². The SMILES string of the molecule is CN(C)C(=O)C1(Nc2cccc(F)c2)CCN(Cc2cccnc2)CC1.O=CO. The van der Waals surface area contributed by atoms with Crippen molar-refractivity contribution in [1.29, 1.82) is 0 Å². The number of likely N-dealkylation sites (N-methyl/N-ethyl adjacent to an activating group) is 1. The third-order valence-electron chi connectivity index (χ3n) is 4.86. The summed E-state index contributed by atoms with van der Waals surface area (Å²) in [5.41, 5.74) is 1.10. The highest BCUT2D eigenvalue weighted by Crippen LogP contribution is 2.29. The van der Waals surface area contributed by atoms with Gasteiger partial charge in [0.1, 0.15) is 11.4 Å². The summed E-state index contributed by atoms with van der Waals surface area (Å²) in [4.78, 5) is 29.4. The van der Waals surface area contributed by atoms with Gasteiger partial charge in [-0.2, -0.15) is 0 Å². The van der Waals surface area contributed by atoms with E-state index in [4.69, 9.17) is 9.90 Å². The molecule has 0 bridgehead atoms. The zero-order valence-electron chi connectivity index (χ0n) is 16.7. The summed E-state index contributed by atoms with van der Waals surface area (Å²) in [6.07, 6.45) is 4.97. The Hall–Kier alpha value is -3.00. The van der Waals surface area contributed by atoms with Gasteiger partial charge < -0.3 is 15.3 Å². The quantitative estimate of drug-likeness (QED) is 0.748. The summed E-state index contributed by atoms with van der Waals surface area (Å²) in [5.74, 6) is -0.278. The number of likely N-dealkylation sites (tertiary alicyclic amines) is 1. The number of piperidine rings is 1. The molecule has 3 rings (SSSR count). The Bertz CT molecular complexity index is 794. The van der Waals surface area contributed by atoms with Gasteiger partial charge in [-0.25, -0.2) is 4.39 Å². The van der Waals surface area contributed by atoms with Gasteiger partial charge in [0.05, 0.1) is 0 Å². The molecule has 2 aromatic rings. The number of carbonyl (C=O) groups excluding carboxylic acids is 1. The third kappa shape index (κ3) is 6.25. The van der Waals surface area contributed by atoms with E-state index in [1.165, 1.54) is 12.1 Å². The van der Waals surface area contributed by atoms with Crippen molar-refractivity contribution in [2.45, 2.75) is 24.9 Å². The van der Waals surface area contributed by atoms with Crippen LogP contribution in [0.4, 0.5) is 10.1 Å². The maximum absolute atomic E-state index is 13.6. The fourth-order valence-corrected chi connectivity index (χ4v) is 3.51. The van der Waals surface area contributed by atoms with Crippen molar-refractivity contribution in [3.05, 3.63) is 60.2 Å². The fraction of sp³-hybridized carbons (Fsp3) is 0.381. The summed E-state index contributed by atoms with van der Waals surface area (Å²) in [6.45, 7) is 2.15. The van der Waals surface area contributed by atoms with E-state index in [0.717, 1.165) is 25.2 Å². The number of nitrogens with zero attached hydrogens (tertiary/aromatic N) is 3. The standard InChI is InChI=1S/C20H25FN4O.CH2O2/c1-24(2)19(26)20(23-18-7-3-6-17(21)13-18)8-11-25(12-9-20)15-16-5-4-10-22-14-16;2-1-3/h3-7,10,13-14,23H,8-9,11-12,15H2,1-2H3;1H,(H,2,3). The molecule has 156 valence electrons. The number of hydrogen-bond donors (Lipinski definition) is 2. The van der Waals surface area contributed by atoms with Crippen LogP contribution in [0.3, 0.4) is 0 Å². The van der Waals surface area contributed by atoms with Crippen LogP contribution in [-0.4, -0.2) is 65.0 Å². The summed E-state index contributed by atoms with van der Waals surface area (Å²) in [6, 6.07) is 10.3. The number of carboxylic acid groups (broad SMARTS) is 1. The van der Waals surface area contributed by atoms with Crippen LogP contribution in [0, 0.1) is 5.82 Å². The van der Waals surface area contributed by atoms with Gasteiger partial charge >= 0.3 is 0 Å². The zero-order chi connectivity index (χ0) is 21.3. The number of amides is 1. The topological polar surface area (TPSA) is 85.8 Å². The highest BCUT2D eigenvalue weighted by molar-refractivity contribution is 5.89. The zero-order valence-corrected chi connectivity index (χ0v) is 16.7. The molecule has 0 radical (unpaired) electrons. The van der Waals surface area contributed by atoms with Crippen molar-refractivity contribution in [2.75, 3.05) is 32.5 Å². The normalized spacial score (nSPS) is 15.6. The predicted octanol–water partition coefficient (Wildman–Crippen LogP) is 2.46. The molecular weight excluding hydrogens is 375 g/mol. The minimum Gasteiger partial charge on any atom is -0.483 e. The second-order valence-corrected chi connectivity index (χ2v) is 7.16. The largest absolute Gasteiger partial charge is 0.483 e. The summed E-state index contributed by atoms with van der Waals surface area (Å²) >= 11 is 0. The van der Waals surface area contributed by atoms with Crippen LogP contribution in [0.25, 0.3) is 0 Å². The van der Waals surface area contributed by atoms with E-state index in [9.17, 15) is 9.18 Å². The number of carbonyl (C=O) groups is 2. The first-order valence-electron chi connectivity index (χ1n) is 9.35. The molecule has 1 aliphatic heterocycles. The number of benzene rings is 1. The molecule has 1 fully saturated rings. The van der Waals surface area contributed by atoms with Crippen LogP contribution in [-0.2, 0) is 16.1 Å². The van der Waals surface area contributed by atoms with Crippen molar-refractivity contribution in [1.82, 2.24) is 14.8 Å². The highest BCUT2D eigenvalue weighted by Gasteiger charge is 2.42. The van der Waals surface area contributed by atoms with Crippen molar-refractivity contribution < 1.29 is 19.1 Å². The number of hydrogen-bond acceptors (Lipinski definition) is 5. The van der Waals surface area contributed by atoms with Gasteiger partial charge in [0.2, 0.25) is 5.91 Å². The van der Waals surface area contributed by atoms with Crippen molar-refractivity contribution in [3.63, 3.8) is 0 Å². The number of halogens is 1. The Morgan fingerprint density at radius 3 is 2.55 bits per heavy atom. The number of nitrogens with one attached hydrogen (secondary N) is 1. The van der Waals surface area contributed by atoms with Gasteiger partial charge in [-0.15, -0.1) is 0 Å². The van der Waals surface area contributed by atoms with Crippen molar-refractivity contribution >= 4 is 18.1 Å². The van der Waals surface area contributed by atoms with E-state index in [1.807, 2.05) is 12.3 Å². The minimum atomic E-state index is -0.706. The molecule has 2 N–H and O–H groups in total. The summed E-state index contributed by atoms with van der Waals surface area (Å²) in [7, 11) is 3.53. The van der Waals surface area contributed by atoms with Gasteiger partial charge in [0, 0.05) is 51.8 Å². The van der Waals surface area contributed by atoms with Gasteiger partial charge in [0.25, 0.3) is 6.47 Å². The average Bonchev–Trinajstić information content (AvgIpc) is 2.70. The maximum Gasteiger partial charge on any atom is 0.290 e. The third-order valence-corrected chi connectivity index (χ3v) is 4.86. The lowest BCUT2D eigenvalue weighted by Crippen LogP contribution is -2.57. The first-order chi connectivity index (χ1) is 13.9. The molecule has 0 spiro atoms. The van der Waals surface area contributed by atoms with Crippen LogP contribution in [0.15, 0.2) is 48.8 Å². The number of pyridine rings is 1. The van der Waals surface area contributed by atoms with Crippen LogP contribution in [0.1, 0.15) is 18.4 Å². The van der Waals surface area contributed by atoms with Gasteiger partial charge in [0.15, 0.2) is 0 Å². The molecule has 1 saturated heterocycles. The Balaban J connectivity index is 0.000000941. The van der Waals surface area contributed by atoms with Crippen LogP contribution in [0.2, 0.25) is 0 Å². The minimum absolute atomic E-state index is 0.0304. The monoisotopic (exact) mass is 402 g/mol. The molecule has 7 nitrogen and oxygen atoms in total. The number of rotatable bonds is 5. The number of aromatic nitrogens is 1. The first kappa shape index (κ1) is 22.3. The molecule has 1 aliphatic rings. The maximum atomic E-state index is 13.6.